The van der Waals surface area contributed by atoms with E-state index in [2.05, 4.69) is 0 Å². The fourth-order valence-electron chi connectivity index (χ4n) is 0.898. The van der Waals surface area contributed by atoms with Crippen molar-refractivity contribution >= 4 is 29.1 Å². The number of hydrogen-bond acceptors (Lipinski definition) is 4. The minimum atomic E-state index is -2.07. The summed E-state index contributed by atoms with van der Waals surface area (Å²) in [6.45, 7) is 4.66. The summed E-state index contributed by atoms with van der Waals surface area (Å²) < 4.78 is 21.9. The maximum Gasteiger partial charge on any atom is 0.185 e. The van der Waals surface area contributed by atoms with E-state index >= 15 is 0 Å². The highest BCUT2D eigenvalue weighted by Crippen LogP contribution is 2.43. The van der Waals surface area contributed by atoms with E-state index in [4.69, 9.17) is 20.9 Å². The van der Waals surface area contributed by atoms with Gasteiger partial charge in [-0.25, -0.2) is 0 Å². The highest BCUT2D eigenvalue weighted by atomic mass is 32.5. The molecule has 0 amide bonds. The Morgan fingerprint density at radius 2 is 1.93 bits per heavy atom. The molecule has 86 valence electrons. The largest absolute Gasteiger partial charge is 0.330 e. The predicted molar refractivity (Wildman–Crippen MR) is 66.0 cm³/mol. The first-order chi connectivity index (χ1) is 6.52. The van der Waals surface area contributed by atoms with E-state index in [1.807, 2.05) is 13.8 Å². The fraction of sp³-hybridized carbons (Fsp3) is 1.00. The van der Waals surface area contributed by atoms with Gasteiger partial charge in [0.05, 0.1) is 13.2 Å². The molecule has 0 aliphatic carbocycles. The van der Waals surface area contributed by atoms with E-state index in [1.54, 1.807) is 6.66 Å². The van der Waals surface area contributed by atoms with Crippen LogP contribution in [-0.2, 0) is 31.7 Å². The Morgan fingerprint density at radius 1 is 1.29 bits per heavy atom. The second kappa shape index (κ2) is 7.94. The van der Waals surface area contributed by atoms with E-state index in [-0.39, 0.29) is 0 Å². The van der Waals surface area contributed by atoms with E-state index in [9.17, 15) is 4.21 Å². The fourth-order valence-corrected chi connectivity index (χ4v) is 3.46. The van der Waals surface area contributed by atoms with Crippen molar-refractivity contribution in [3.8, 4) is 0 Å². The molecular weight excluding hydrogens is 239 g/mol. The van der Waals surface area contributed by atoms with E-state index in [0.29, 0.717) is 19.0 Å². The average molecular weight is 258 g/mol. The Morgan fingerprint density at radius 3 is 2.43 bits per heavy atom. The second-order valence-electron chi connectivity index (χ2n) is 2.87. The third-order valence-electron chi connectivity index (χ3n) is 1.43. The van der Waals surface area contributed by atoms with Crippen molar-refractivity contribution in [3.05, 3.63) is 0 Å². The van der Waals surface area contributed by atoms with Crippen LogP contribution in [0.25, 0.3) is 0 Å². The lowest BCUT2D eigenvalue weighted by molar-refractivity contribution is 0.272. The molecule has 0 aromatic rings. The summed E-state index contributed by atoms with van der Waals surface area (Å²) in [7, 11) is -0.768. The van der Waals surface area contributed by atoms with Gasteiger partial charge in [0.25, 0.3) is 0 Å². The Hall–Kier alpha value is 0.720. The Kier molecular flexibility index (Phi) is 8.35. The molecule has 2 atom stereocenters. The lowest BCUT2D eigenvalue weighted by Crippen LogP contribution is -2.08. The molecule has 0 heterocycles. The van der Waals surface area contributed by atoms with Gasteiger partial charge in [-0.05, 0) is 25.2 Å². The van der Waals surface area contributed by atoms with Gasteiger partial charge in [-0.1, -0.05) is 6.92 Å². The quantitative estimate of drug-likeness (QED) is 0.625. The maximum absolute atomic E-state index is 11.3. The second-order valence-corrected chi connectivity index (χ2v) is 8.62. The van der Waals surface area contributed by atoms with Crippen LogP contribution >= 0.6 is 6.49 Å². The molecule has 14 heavy (non-hydrogen) atoms. The van der Waals surface area contributed by atoms with E-state index in [1.165, 1.54) is 0 Å². The normalized spacial score (nSPS) is 17.6. The minimum absolute atomic E-state index is 0.445. The van der Waals surface area contributed by atoms with Crippen molar-refractivity contribution in [2.75, 3.05) is 31.4 Å². The van der Waals surface area contributed by atoms with Crippen LogP contribution in [0.1, 0.15) is 20.3 Å². The molecule has 0 fully saturated rings. The Labute approximate surface area is 94.2 Å². The van der Waals surface area contributed by atoms with Crippen LogP contribution < -0.4 is 0 Å². The summed E-state index contributed by atoms with van der Waals surface area (Å²) in [5, 5.41) is 0. The lowest BCUT2D eigenvalue weighted by atomic mass is 10.6. The molecule has 0 saturated carbocycles. The van der Waals surface area contributed by atoms with Crippen LogP contribution in [0.3, 0.4) is 0 Å². The monoisotopic (exact) mass is 258 g/mol. The smallest absolute Gasteiger partial charge is 0.185 e. The molecule has 6 heteroatoms. The summed E-state index contributed by atoms with van der Waals surface area (Å²) in [5.41, 5.74) is 0. The van der Waals surface area contributed by atoms with Gasteiger partial charge in [-0.2, -0.15) is 0 Å². The van der Waals surface area contributed by atoms with Gasteiger partial charge in [0.15, 0.2) is 6.49 Å². The van der Waals surface area contributed by atoms with Crippen LogP contribution in [0.4, 0.5) is 0 Å². The molecule has 1 unspecified atom stereocenters. The van der Waals surface area contributed by atoms with Gasteiger partial charge >= 0.3 is 0 Å². The topological polar surface area (TPSA) is 35.5 Å². The molecule has 0 aromatic heterocycles. The zero-order valence-corrected chi connectivity index (χ0v) is 11.6. The highest BCUT2D eigenvalue weighted by molar-refractivity contribution is 8.09. The van der Waals surface area contributed by atoms with Crippen LogP contribution in [-0.4, -0.2) is 35.6 Å². The van der Waals surface area contributed by atoms with Crippen molar-refractivity contribution in [2.24, 2.45) is 0 Å². The van der Waals surface area contributed by atoms with Crippen molar-refractivity contribution in [3.63, 3.8) is 0 Å². The summed E-state index contributed by atoms with van der Waals surface area (Å²) in [4.78, 5) is 0. The number of rotatable bonds is 8. The third kappa shape index (κ3) is 8.06. The molecule has 0 aliphatic heterocycles. The Balaban J connectivity index is 3.62. The molecule has 0 rings (SSSR count). The molecule has 0 aromatic carbocycles. The van der Waals surface area contributed by atoms with Crippen LogP contribution in [0.2, 0.25) is 0 Å². The lowest BCUT2D eigenvalue weighted by Gasteiger charge is -2.16. The molecule has 0 radical (unpaired) electrons. The molecule has 0 N–H and O–H groups in total. The van der Waals surface area contributed by atoms with Gasteiger partial charge in [0.2, 0.25) is 0 Å². The molecule has 0 aliphatic rings. The van der Waals surface area contributed by atoms with Gasteiger partial charge < -0.3 is 9.05 Å². The number of hydrogen-bond donors (Lipinski definition) is 0. The molecule has 0 bridgehead atoms. The summed E-state index contributed by atoms with van der Waals surface area (Å²) in [5.74, 6) is 1.30. The first-order valence-corrected chi connectivity index (χ1v) is 9.30. The van der Waals surface area contributed by atoms with Crippen LogP contribution in [0, 0.1) is 0 Å². The highest BCUT2D eigenvalue weighted by Gasteiger charge is 2.10. The van der Waals surface area contributed by atoms with Gasteiger partial charge in [0.1, 0.15) is 0 Å². The van der Waals surface area contributed by atoms with E-state index in [0.717, 1.165) is 12.2 Å². The first kappa shape index (κ1) is 14.7. The summed E-state index contributed by atoms with van der Waals surface area (Å²) >= 11 is 5.13. The maximum atomic E-state index is 11.3. The summed E-state index contributed by atoms with van der Waals surface area (Å²) in [6, 6.07) is 0. The van der Waals surface area contributed by atoms with Crippen molar-refractivity contribution in [2.45, 2.75) is 20.3 Å². The predicted octanol–water partition coefficient (Wildman–Crippen LogP) is 2.14. The van der Waals surface area contributed by atoms with Gasteiger partial charge in [-0.3, -0.25) is 4.21 Å². The molecule has 0 saturated heterocycles. The van der Waals surface area contributed by atoms with Gasteiger partial charge in [-0.15, -0.1) is 0 Å². The molecule has 0 spiro atoms. The molecule has 3 nitrogen and oxygen atoms in total. The zero-order valence-electron chi connectivity index (χ0n) is 9.02. The SMILES string of the molecule is CCC[S@](=O)CCOP(C)(=S)OCC. The van der Waals surface area contributed by atoms with Crippen molar-refractivity contribution in [1.29, 1.82) is 0 Å². The third-order valence-corrected chi connectivity index (χ3v) is 4.93. The van der Waals surface area contributed by atoms with Crippen molar-refractivity contribution < 1.29 is 13.3 Å². The minimum Gasteiger partial charge on any atom is -0.330 e. The van der Waals surface area contributed by atoms with Crippen LogP contribution in [0.15, 0.2) is 0 Å². The molecular formula is C8H19O3PS2. The Bertz CT molecular complexity index is 221. The zero-order chi connectivity index (χ0) is 11.0. The standard InChI is InChI=1S/C8H19O3PS2/c1-4-7-14(9)8-6-11-12(3,13)10-5-2/h4-8H2,1-3H3/t12?,14-/m0/s1. The van der Waals surface area contributed by atoms with Crippen LogP contribution in [0.5, 0.6) is 0 Å². The van der Waals surface area contributed by atoms with Crippen molar-refractivity contribution in [1.82, 2.24) is 0 Å². The van der Waals surface area contributed by atoms with E-state index < -0.39 is 17.3 Å². The average Bonchev–Trinajstić information content (AvgIpc) is 2.03. The first-order valence-electron chi connectivity index (χ1n) is 4.73. The summed E-state index contributed by atoms with van der Waals surface area (Å²) in [6.07, 6.45) is 0.943. The van der Waals surface area contributed by atoms with Gasteiger partial charge in [0, 0.05) is 29.0 Å².